The van der Waals surface area contributed by atoms with Crippen molar-refractivity contribution >= 4 is 17.7 Å². The topological polar surface area (TPSA) is 85.0 Å². The van der Waals surface area contributed by atoms with Crippen LogP contribution in [0.5, 0.6) is 0 Å². The van der Waals surface area contributed by atoms with Crippen LogP contribution in [0.3, 0.4) is 0 Å². The molecule has 0 aromatic heterocycles. The highest BCUT2D eigenvalue weighted by Crippen LogP contribution is 2.06. The number of hydrogen-bond acceptors (Lipinski definition) is 3. The van der Waals surface area contributed by atoms with Gasteiger partial charge in [0.05, 0.1) is 0 Å². The van der Waals surface area contributed by atoms with Crippen LogP contribution in [0.4, 0.5) is 5.69 Å². The maximum Gasteiger partial charge on any atom is 0.328 e. The summed E-state index contributed by atoms with van der Waals surface area (Å²) in [6, 6.07) is 5.93. The molecule has 1 aromatic carbocycles. The van der Waals surface area contributed by atoms with Gasteiger partial charge < -0.3 is 10.3 Å². The quantitative estimate of drug-likeness (QED) is 0.474. The lowest BCUT2D eigenvalue weighted by Crippen LogP contribution is -2.99. The second-order valence-corrected chi connectivity index (χ2v) is 2.60. The summed E-state index contributed by atoms with van der Waals surface area (Å²) >= 11 is 0. The van der Waals surface area contributed by atoms with Crippen LogP contribution in [0.25, 0.3) is 6.08 Å². The maximum atomic E-state index is 10.5. The molecule has 0 saturated heterocycles. The summed E-state index contributed by atoms with van der Waals surface area (Å²) in [6.45, 7) is 0. The Balaban J connectivity index is 2.78. The summed E-state index contributed by atoms with van der Waals surface area (Å²) in [4.78, 5) is 10.2. The van der Waals surface area contributed by atoms with E-state index in [2.05, 4.69) is 0 Å². The predicted octanol–water partition coefficient (Wildman–Crippen LogP) is 0.188. The average Bonchev–Trinajstić information content (AvgIpc) is 2.15. The molecule has 5 heteroatoms. The van der Waals surface area contributed by atoms with Gasteiger partial charge in [-0.05, 0) is 23.8 Å². The molecule has 0 fully saturated rings. The first kappa shape index (κ1) is 10.4. The SMILES string of the molecule is O=C(O)C=Cc1ccc([NH+]([O-])O)cc1. The Bertz CT molecular complexity index is 342. The molecule has 1 atom stereocenters. The Morgan fingerprint density at radius 2 is 1.93 bits per heavy atom. The molecule has 5 nitrogen and oxygen atoms in total. The Labute approximate surface area is 80.0 Å². The summed E-state index contributed by atoms with van der Waals surface area (Å²) < 4.78 is 0. The Morgan fingerprint density at radius 1 is 1.36 bits per heavy atom. The molecule has 14 heavy (non-hydrogen) atoms. The van der Waals surface area contributed by atoms with Crippen LogP contribution >= 0.6 is 0 Å². The molecule has 0 heterocycles. The summed E-state index contributed by atoms with van der Waals surface area (Å²) in [6.07, 6.45) is 2.39. The number of carboxylic acid groups (broad SMARTS) is 1. The Hall–Kier alpha value is -1.69. The van der Waals surface area contributed by atoms with Gasteiger partial charge in [-0.15, -0.1) is 0 Å². The second kappa shape index (κ2) is 4.52. The highest BCUT2D eigenvalue weighted by atomic mass is 16.8. The van der Waals surface area contributed by atoms with Crippen LogP contribution in [0.2, 0.25) is 0 Å². The lowest BCUT2D eigenvalue weighted by atomic mass is 10.2. The summed E-state index contributed by atoms with van der Waals surface area (Å²) in [7, 11) is 0. The monoisotopic (exact) mass is 195 g/mol. The number of nitrogens with one attached hydrogen (secondary N) is 1. The molecule has 3 N–H and O–H groups in total. The van der Waals surface area contributed by atoms with E-state index in [9.17, 15) is 10.0 Å². The van der Waals surface area contributed by atoms with E-state index in [1.807, 2.05) is 0 Å². The van der Waals surface area contributed by atoms with Crippen molar-refractivity contribution < 1.29 is 20.3 Å². The molecule has 0 bridgehead atoms. The van der Waals surface area contributed by atoms with Gasteiger partial charge >= 0.3 is 5.97 Å². The van der Waals surface area contributed by atoms with Crippen molar-refractivity contribution in [3.8, 4) is 0 Å². The number of carbonyl (C=O) groups is 1. The first-order chi connectivity index (χ1) is 6.59. The summed E-state index contributed by atoms with van der Waals surface area (Å²) in [5.41, 5.74) is 0.829. The molecule has 0 aliphatic rings. The smallest absolute Gasteiger partial charge is 0.328 e. The van der Waals surface area contributed by atoms with Crippen molar-refractivity contribution in [2.24, 2.45) is 0 Å². The highest BCUT2D eigenvalue weighted by molar-refractivity contribution is 5.85. The highest BCUT2D eigenvalue weighted by Gasteiger charge is 1.97. The number of hydrogen-bond donors (Lipinski definition) is 3. The number of carboxylic acids is 1. The van der Waals surface area contributed by atoms with Gasteiger partial charge in [-0.25, -0.2) is 10.0 Å². The molecular formula is C9H9NO4. The minimum Gasteiger partial charge on any atom is -0.595 e. The van der Waals surface area contributed by atoms with Crippen LogP contribution in [0.15, 0.2) is 30.3 Å². The number of quaternary nitrogens is 1. The van der Waals surface area contributed by atoms with Crippen molar-refractivity contribution in [3.05, 3.63) is 41.1 Å². The first-order valence-corrected chi connectivity index (χ1v) is 3.84. The van der Waals surface area contributed by atoms with Gasteiger partial charge in [0.2, 0.25) is 0 Å². The van der Waals surface area contributed by atoms with Gasteiger partial charge in [0.1, 0.15) is 0 Å². The van der Waals surface area contributed by atoms with Crippen LogP contribution < -0.4 is 5.23 Å². The fourth-order valence-electron chi connectivity index (χ4n) is 0.904. The van der Waals surface area contributed by atoms with Crippen LogP contribution in [-0.2, 0) is 4.79 Å². The van der Waals surface area contributed by atoms with E-state index in [0.29, 0.717) is 5.56 Å². The predicted molar refractivity (Wildman–Crippen MR) is 48.9 cm³/mol. The summed E-state index contributed by atoms with van der Waals surface area (Å²) in [5.74, 6) is -1.03. The van der Waals surface area contributed by atoms with Gasteiger partial charge in [0.25, 0.3) is 0 Å². The van der Waals surface area contributed by atoms with E-state index >= 15 is 0 Å². The van der Waals surface area contributed by atoms with Crippen LogP contribution in [0.1, 0.15) is 5.56 Å². The Morgan fingerprint density at radius 3 is 2.36 bits per heavy atom. The minimum absolute atomic E-state index is 0.178. The minimum atomic E-state index is -1.03. The van der Waals surface area contributed by atoms with E-state index in [1.54, 1.807) is 12.1 Å². The zero-order valence-electron chi connectivity index (χ0n) is 7.18. The van der Waals surface area contributed by atoms with Gasteiger partial charge in [0.15, 0.2) is 5.69 Å². The molecule has 1 unspecified atom stereocenters. The van der Waals surface area contributed by atoms with Gasteiger partial charge in [-0.1, -0.05) is 0 Å². The summed E-state index contributed by atoms with van der Waals surface area (Å²) in [5, 5.41) is 26.4. The molecule has 74 valence electrons. The first-order valence-electron chi connectivity index (χ1n) is 3.84. The second-order valence-electron chi connectivity index (χ2n) is 2.60. The third-order valence-electron chi connectivity index (χ3n) is 1.58. The van der Waals surface area contributed by atoms with Crippen molar-refractivity contribution in [3.63, 3.8) is 0 Å². The fourth-order valence-corrected chi connectivity index (χ4v) is 0.904. The molecule has 0 aliphatic heterocycles. The molecule has 0 radical (unpaired) electrons. The van der Waals surface area contributed by atoms with Crippen molar-refractivity contribution in [2.75, 3.05) is 0 Å². The van der Waals surface area contributed by atoms with E-state index in [-0.39, 0.29) is 5.69 Å². The van der Waals surface area contributed by atoms with E-state index < -0.39 is 11.2 Å². The van der Waals surface area contributed by atoms with Crippen LogP contribution in [-0.4, -0.2) is 16.3 Å². The van der Waals surface area contributed by atoms with Crippen molar-refractivity contribution in [1.29, 1.82) is 0 Å². The lowest BCUT2D eigenvalue weighted by Gasteiger charge is -2.10. The molecule has 0 saturated carbocycles. The zero-order chi connectivity index (χ0) is 10.6. The maximum absolute atomic E-state index is 10.5. The zero-order valence-corrected chi connectivity index (χ0v) is 7.18. The number of benzene rings is 1. The molecule has 0 spiro atoms. The largest absolute Gasteiger partial charge is 0.595 e. The molecular weight excluding hydrogens is 186 g/mol. The number of aliphatic carboxylic acids is 1. The van der Waals surface area contributed by atoms with E-state index in [0.717, 1.165) is 6.08 Å². The Kier molecular flexibility index (Phi) is 3.35. The fraction of sp³-hybridized carbons (Fsp3) is 0. The molecule has 0 aliphatic carbocycles. The standard InChI is InChI=1S/C9H9NO4/c11-9(12)6-3-7-1-4-8(5-2-7)10(13)14/h1-6,10,13H,(H,11,12). The van der Waals surface area contributed by atoms with Gasteiger partial charge in [-0.3, -0.25) is 0 Å². The van der Waals surface area contributed by atoms with Crippen LogP contribution in [0, 0.1) is 5.21 Å². The molecule has 0 amide bonds. The van der Waals surface area contributed by atoms with Gasteiger partial charge in [0, 0.05) is 18.2 Å². The normalized spacial score (nSPS) is 13.0. The van der Waals surface area contributed by atoms with Crippen molar-refractivity contribution in [1.82, 2.24) is 0 Å². The molecule has 1 aromatic rings. The average molecular weight is 195 g/mol. The third kappa shape index (κ3) is 2.98. The van der Waals surface area contributed by atoms with E-state index in [4.69, 9.17) is 10.3 Å². The van der Waals surface area contributed by atoms with E-state index in [1.165, 1.54) is 18.2 Å². The number of rotatable bonds is 3. The molecule has 1 rings (SSSR count). The van der Waals surface area contributed by atoms with Gasteiger partial charge in [-0.2, -0.15) is 5.23 Å². The third-order valence-corrected chi connectivity index (χ3v) is 1.58. The van der Waals surface area contributed by atoms with Crippen molar-refractivity contribution in [2.45, 2.75) is 0 Å². The lowest BCUT2D eigenvalue weighted by molar-refractivity contribution is -0.991.